The lowest BCUT2D eigenvalue weighted by atomic mass is 10.1. The Morgan fingerprint density at radius 3 is 2.64 bits per heavy atom. The fraction of sp³-hybridized carbons (Fsp3) is 0.294. The average molecular weight is 385 g/mol. The van der Waals surface area contributed by atoms with Crippen LogP contribution in [0.2, 0.25) is 10.0 Å². The second kappa shape index (κ2) is 9.56. The number of aliphatic hydroxyl groups is 1. The van der Waals surface area contributed by atoms with Crippen molar-refractivity contribution in [2.45, 2.75) is 19.6 Å². The van der Waals surface area contributed by atoms with Crippen LogP contribution in [0.4, 0.5) is 4.39 Å². The maximum Gasteiger partial charge on any atom is 0.191 e. The number of halogens is 3. The van der Waals surface area contributed by atoms with Gasteiger partial charge in [-0.3, -0.25) is 4.98 Å². The summed E-state index contributed by atoms with van der Waals surface area (Å²) in [5, 5.41) is 17.2. The predicted molar refractivity (Wildman–Crippen MR) is 98.4 cm³/mol. The Kier molecular flexibility index (Phi) is 7.43. The first kappa shape index (κ1) is 19.4. The van der Waals surface area contributed by atoms with Gasteiger partial charge in [-0.1, -0.05) is 23.2 Å². The molecular formula is C17H19Cl2FN4O. The van der Waals surface area contributed by atoms with Crippen LogP contribution in [0.15, 0.2) is 41.5 Å². The highest BCUT2D eigenvalue weighted by atomic mass is 35.5. The number of pyridine rings is 1. The van der Waals surface area contributed by atoms with E-state index in [1.807, 2.05) is 6.92 Å². The number of aliphatic hydroxyl groups excluding tert-OH is 1. The molecule has 3 N–H and O–H groups in total. The van der Waals surface area contributed by atoms with Gasteiger partial charge in [0, 0.05) is 29.3 Å². The molecule has 8 heteroatoms. The molecule has 2 aromatic rings. The van der Waals surface area contributed by atoms with Crippen molar-refractivity contribution in [3.63, 3.8) is 0 Å². The fourth-order valence-electron chi connectivity index (χ4n) is 2.11. The maximum atomic E-state index is 13.6. The van der Waals surface area contributed by atoms with Gasteiger partial charge < -0.3 is 15.7 Å². The Morgan fingerprint density at radius 2 is 2.00 bits per heavy atom. The van der Waals surface area contributed by atoms with E-state index in [9.17, 15) is 9.50 Å². The molecule has 0 saturated carbocycles. The number of hydrogen-bond acceptors (Lipinski definition) is 3. The number of aliphatic imine (C=N–C) groups is 1. The highest BCUT2D eigenvalue weighted by molar-refractivity contribution is 6.34. The van der Waals surface area contributed by atoms with Crippen molar-refractivity contribution in [3.8, 4) is 0 Å². The van der Waals surface area contributed by atoms with E-state index in [-0.39, 0.29) is 18.8 Å². The standard InChI is InChI=1S/C17H19Cl2FN4O/c1-2-21-17(23-9-15-14(20)4-3-5-22-15)24-10-16(25)11-6-12(18)8-13(19)7-11/h3-8,16,25H,2,9-10H2,1H3,(H2,21,23,24). The van der Waals surface area contributed by atoms with Crippen LogP contribution in [0.1, 0.15) is 24.3 Å². The van der Waals surface area contributed by atoms with Gasteiger partial charge in [0.05, 0.1) is 18.3 Å². The van der Waals surface area contributed by atoms with E-state index >= 15 is 0 Å². The molecule has 1 aromatic heterocycles. The highest BCUT2D eigenvalue weighted by Gasteiger charge is 2.11. The molecule has 1 heterocycles. The summed E-state index contributed by atoms with van der Waals surface area (Å²) in [4.78, 5) is 8.23. The lowest BCUT2D eigenvalue weighted by Crippen LogP contribution is -2.39. The number of rotatable bonds is 6. The summed E-state index contributed by atoms with van der Waals surface area (Å²) in [6.45, 7) is 2.80. The van der Waals surface area contributed by atoms with Gasteiger partial charge in [0.25, 0.3) is 0 Å². The molecule has 1 atom stereocenters. The Bertz CT molecular complexity index is 722. The largest absolute Gasteiger partial charge is 0.387 e. The summed E-state index contributed by atoms with van der Waals surface area (Å²) in [6, 6.07) is 7.75. The van der Waals surface area contributed by atoms with Crippen molar-refractivity contribution < 1.29 is 9.50 Å². The molecule has 25 heavy (non-hydrogen) atoms. The van der Waals surface area contributed by atoms with E-state index in [1.54, 1.807) is 18.2 Å². The van der Waals surface area contributed by atoms with Gasteiger partial charge in [-0.15, -0.1) is 0 Å². The Hall–Kier alpha value is -1.89. The van der Waals surface area contributed by atoms with Gasteiger partial charge in [0.15, 0.2) is 5.96 Å². The number of benzene rings is 1. The minimum atomic E-state index is -0.827. The zero-order chi connectivity index (χ0) is 18.2. The maximum absolute atomic E-state index is 13.6. The van der Waals surface area contributed by atoms with Gasteiger partial charge >= 0.3 is 0 Å². The predicted octanol–water partition coefficient (Wildman–Crippen LogP) is 3.32. The normalized spacial score (nSPS) is 12.8. The molecule has 0 bridgehead atoms. The molecule has 0 saturated heterocycles. The van der Waals surface area contributed by atoms with Crippen LogP contribution in [0.5, 0.6) is 0 Å². The van der Waals surface area contributed by atoms with Crippen molar-refractivity contribution >= 4 is 29.2 Å². The average Bonchev–Trinajstić information content (AvgIpc) is 2.57. The van der Waals surface area contributed by atoms with Crippen molar-refractivity contribution in [3.05, 3.63) is 63.6 Å². The molecule has 0 fully saturated rings. The molecular weight excluding hydrogens is 366 g/mol. The van der Waals surface area contributed by atoms with Gasteiger partial charge in [-0.25, -0.2) is 9.38 Å². The van der Waals surface area contributed by atoms with Crippen LogP contribution in [-0.4, -0.2) is 29.1 Å². The molecule has 134 valence electrons. The van der Waals surface area contributed by atoms with Gasteiger partial charge in [-0.2, -0.15) is 0 Å². The molecule has 0 spiro atoms. The molecule has 1 aromatic carbocycles. The van der Waals surface area contributed by atoms with Crippen molar-refractivity contribution in [1.82, 2.24) is 15.6 Å². The van der Waals surface area contributed by atoms with Crippen molar-refractivity contribution in [2.24, 2.45) is 4.99 Å². The summed E-state index contributed by atoms with van der Waals surface area (Å²) >= 11 is 11.9. The van der Waals surface area contributed by atoms with Crippen LogP contribution in [0, 0.1) is 5.82 Å². The Balaban J connectivity index is 2.01. The molecule has 0 amide bonds. The molecule has 0 aliphatic heterocycles. The summed E-state index contributed by atoms with van der Waals surface area (Å²) in [6.07, 6.45) is 0.688. The first-order valence-electron chi connectivity index (χ1n) is 7.75. The van der Waals surface area contributed by atoms with E-state index in [1.165, 1.54) is 18.3 Å². The lowest BCUT2D eigenvalue weighted by Gasteiger charge is -2.16. The molecule has 0 aliphatic rings. The third kappa shape index (κ3) is 6.16. The number of nitrogens with zero attached hydrogens (tertiary/aromatic N) is 2. The third-order valence-electron chi connectivity index (χ3n) is 3.30. The molecule has 0 aliphatic carbocycles. The third-order valence-corrected chi connectivity index (χ3v) is 3.73. The smallest absolute Gasteiger partial charge is 0.191 e. The van der Waals surface area contributed by atoms with E-state index in [0.29, 0.717) is 28.1 Å². The second-order valence-electron chi connectivity index (χ2n) is 5.23. The first-order chi connectivity index (χ1) is 12.0. The van der Waals surface area contributed by atoms with E-state index < -0.39 is 11.9 Å². The van der Waals surface area contributed by atoms with E-state index in [4.69, 9.17) is 23.2 Å². The van der Waals surface area contributed by atoms with Gasteiger partial charge in [-0.05, 0) is 42.8 Å². The SMILES string of the molecule is CCNC(=NCc1ncccc1F)NCC(O)c1cc(Cl)cc(Cl)c1. The molecule has 5 nitrogen and oxygen atoms in total. The van der Waals surface area contributed by atoms with Crippen LogP contribution >= 0.6 is 23.2 Å². The minimum Gasteiger partial charge on any atom is -0.387 e. The van der Waals surface area contributed by atoms with Crippen molar-refractivity contribution in [1.29, 1.82) is 0 Å². The summed E-state index contributed by atoms with van der Waals surface area (Å²) in [5.74, 6) is 0.0374. The number of aromatic nitrogens is 1. The van der Waals surface area contributed by atoms with Crippen LogP contribution in [-0.2, 0) is 6.54 Å². The summed E-state index contributed by atoms with van der Waals surface area (Å²) in [7, 11) is 0. The molecule has 2 rings (SSSR count). The second-order valence-corrected chi connectivity index (χ2v) is 6.10. The summed E-state index contributed by atoms with van der Waals surface area (Å²) in [5.41, 5.74) is 0.846. The minimum absolute atomic E-state index is 0.0844. The van der Waals surface area contributed by atoms with E-state index in [2.05, 4.69) is 20.6 Å². The van der Waals surface area contributed by atoms with Gasteiger partial charge in [0.2, 0.25) is 0 Å². The molecule has 1 unspecified atom stereocenters. The zero-order valence-corrected chi connectivity index (χ0v) is 15.2. The topological polar surface area (TPSA) is 69.5 Å². The fourth-order valence-corrected chi connectivity index (χ4v) is 2.65. The monoisotopic (exact) mass is 384 g/mol. The van der Waals surface area contributed by atoms with Crippen LogP contribution < -0.4 is 10.6 Å². The first-order valence-corrected chi connectivity index (χ1v) is 8.50. The summed E-state index contributed by atoms with van der Waals surface area (Å²) < 4.78 is 13.6. The number of nitrogens with one attached hydrogen (secondary N) is 2. The Labute approximate surface area is 155 Å². The van der Waals surface area contributed by atoms with Crippen LogP contribution in [0.3, 0.4) is 0 Å². The van der Waals surface area contributed by atoms with Gasteiger partial charge in [0.1, 0.15) is 5.82 Å². The van der Waals surface area contributed by atoms with E-state index in [0.717, 1.165) is 0 Å². The Morgan fingerprint density at radius 1 is 1.28 bits per heavy atom. The van der Waals surface area contributed by atoms with Crippen LogP contribution in [0.25, 0.3) is 0 Å². The number of hydrogen-bond donors (Lipinski definition) is 3. The lowest BCUT2D eigenvalue weighted by molar-refractivity contribution is 0.181. The molecule has 0 radical (unpaired) electrons. The highest BCUT2D eigenvalue weighted by Crippen LogP contribution is 2.23. The quantitative estimate of drug-likeness (QED) is 0.527. The number of guanidine groups is 1. The zero-order valence-electron chi connectivity index (χ0n) is 13.6. The van der Waals surface area contributed by atoms with Crippen molar-refractivity contribution in [2.75, 3.05) is 13.1 Å².